The average Bonchev–Trinajstić information content (AvgIpc) is 3.01. The highest BCUT2D eigenvalue weighted by Crippen LogP contribution is 2.25. The monoisotopic (exact) mass is 305 g/mol. The summed E-state index contributed by atoms with van der Waals surface area (Å²) in [6, 6.07) is 12.2. The topological polar surface area (TPSA) is 41.5 Å². The van der Waals surface area contributed by atoms with Gasteiger partial charge in [0.2, 0.25) is 0 Å². The molecule has 2 atom stereocenters. The van der Waals surface area contributed by atoms with Crippen molar-refractivity contribution in [2.75, 3.05) is 13.7 Å². The number of thiophene rings is 1. The van der Waals surface area contributed by atoms with E-state index in [1.807, 2.05) is 42.6 Å². The van der Waals surface area contributed by atoms with Gasteiger partial charge in [-0.1, -0.05) is 24.3 Å². The van der Waals surface area contributed by atoms with Crippen LogP contribution in [0.15, 0.2) is 41.8 Å². The standard InChI is InChI=1S/C17H23NO2S/c1-13(11-14-7-4-5-8-15(14)20-3)18-12-17(2,19)16-9-6-10-21-16/h4-10,13,18-19H,11-12H2,1-3H3/t13-,17+/m0/s1. The van der Waals surface area contributed by atoms with Crippen LogP contribution in [0.1, 0.15) is 24.3 Å². The van der Waals surface area contributed by atoms with Gasteiger partial charge in [0.25, 0.3) is 0 Å². The lowest BCUT2D eigenvalue weighted by Gasteiger charge is -2.25. The normalized spacial score (nSPS) is 15.4. The lowest BCUT2D eigenvalue weighted by Crippen LogP contribution is -2.40. The second kappa shape index (κ2) is 7.07. The first-order valence-electron chi connectivity index (χ1n) is 7.14. The molecule has 0 amide bonds. The van der Waals surface area contributed by atoms with E-state index in [4.69, 9.17) is 4.74 Å². The Morgan fingerprint density at radius 3 is 2.71 bits per heavy atom. The van der Waals surface area contributed by atoms with Crippen molar-refractivity contribution in [2.45, 2.75) is 31.9 Å². The fraction of sp³-hybridized carbons (Fsp3) is 0.412. The maximum absolute atomic E-state index is 10.5. The second-order valence-electron chi connectivity index (χ2n) is 5.55. The zero-order valence-electron chi connectivity index (χ0n) is 12.8. The summed E-state index contributed by atoms with van der Waals surface area (Å²) in [4.78, 5) is 0.986. The lowest BCUT2D eigenvalue weighted by molar-refractivity contribution is 0.0581. The van der Waals surface area contributed by atoms with Crippen molar-refractivity contribution < 1.29 is 9.84 Å². The van der Waals surface area contributed by atoms with Crippen LogP contribution in [0, 0.1) is 0 Å². The third-order valence-corrected chi connectivity index (χ3v) is 4.69. The van der Waals surface area contributed by atoms with Crippen molar-refractivity contribution in [3.05, 3.63) is 52.2 Å². The van der Waals surface area contributed by atoms with E-state index in [1.165, 1.54) is 5.56 Å². The number of rotatable bonds is 7. The van der Waals surface area contributed by atoms with Crippen LogP contribution in [0.3, 0.4) is 0 Å². The Labute approximate surface area is 130 Å². The van der Waals surface area contributed by atoms with Gasteiger partial charge >= 0.3 is 0 Å². The molecule has 2 rings (SSSR count). The maximum atomic E-state index is 10.5. The third-order valence-electron chi connectivity index (χ3n) is 3.57. The van der Waals surface area contributed by atoms with Crippen LogP contribution in [-0.4, -0.2) is 24.8 Å². The van der Waals surface area contributed by atoms with E-state index >= 15 is 0 Å². The molecule has 0 aliphatic carbocycles. The molecule has 0 unspecified atom stereocenters. The number of hydrogen-bond acceptors (Lipinski definition) is 4. The van der Waals surface area contributed by atoms with Gasteiger partial charge in [-0.15, -0.1) is 11.3 Å². The third kappa shape index (κ3) is 4.30. The molecule has 0 saturated heterocycles. The summed E-state index contributed by atoms with van der Waals surface area (Å²) in [5, 5.41) is 15.9. The molecule has 1 aromatic carbocycles. The summed E-state index contributed by atoms with van der Waals surface area (Å²) in [7, 11) is 1.69. The molecular formula is C17H23NO2S. The van der Waals surface area contributed by atoms with Crippen LogP contribution in [0.25, 0.3) is 0 Å². The maximum Gasteiger partial charge on any atom is 0.122 e. The van der Waals surface area contributed by atoms with Crippen LogP contribution in [0.2, 0.25) is 0 Å². The molecule has 21 heavy (non-hydrogen) atoms. The number of aliphatic hydroxyl groups is 1. The number of para-hydroxylation sites is 1. The summed E-state index contributed by atoms with van der Waals surface area (Å²) in [5.41, 5.74) is 0.346. The van der Waals surface area contributed by atoms with E-state index in [0.29, 0.717) is 6.54 Å². The molecule has 4 heteroatoms. The molecule has 0 bridgehead atoms. The Hall–Kier alpha value is -1.36. The lowest BCUT2D eigenvalue weighted by atomic mass is 10.0. The molecule has 0 aliphatic heterocycles. The van der Waals surface area contributed by atoms with E-state index in [9.17, 15) is 5.11 Å². The van der Waals surface area contributed by atoms with Gasteiger partial charge in [0, 0.05) is 17.5 Å². The Morgan fingerprint density at radius 2 is 2.05 bits per heavy atom. The summed E-state index contributed by atoms with van der Waals surface area (Å²) >= 11 is 1.58. The van der Waals surface area contributed by atoms with E-state index in [0.717, 1.165) is 17.0 Å². The number of methoxy groups -OCH3 is 1. The molecule has 2 N–H and O–H groups in total. The van der Waals surface area contributed by atoms with Crippen LogP contribution < -0.4 is 10.1 Å². The summed E-state index contributed by atoms with van der Waals surface area (Å²) in [6.45, 7) is 4.50. The Morgan fingerprint density at radius 1 is 1.29 bits per heavy atom. The summed E-state index contributed by atoms with van der Waals surface area (Å²) in [5.74, 6) is 0.913. The van der Waals surface area contributed by atoms with Gasteiger partial charge in [0.15, 0.2) is 0 Å². The largest absolute Gasteiger partial charge is 0.496 e. The predicted molar refractivity (Wildman–Crippen MR) is 88.1 cm³/mol. The molecule has 3 nitrogen and oxygen atoms in total. The minimum Gasteiger partial charge on any atom is -0.496 e. The Kier molecular flexibility index (Phi) is 5.39. The van der Waals surface area contributed by atoms with Gasteiger partial charge in [-0.25, -0.2) is 0 Å². The number of nitrogens with one attached hydrogen (secondary N) is 1. The SMILES string of the molecule is COc1ccccc1C[C@H](C)NC[C@@](C)(O)c1cccs1. The molecule has 0 fully saturated rings. The molecule has 1 aromatic heterocycles. The van der Waals surface area contributed by atoms with Gasteiger partial charge in [0.1, 0.15) is 11.4 Å². The molecule has 2 aromatic rings. The second-order valence-corrected chi connectivity index (χ2v) is 6.50. The first-order valence-corrected chi connectivity index (χ1v) is 8.02. The summed E-state index contributed by atoms with van der Waals surface area (Å²) in [6.07, 6.45) is 0.866. The minimum absolute atomic E-state index is 0.257. The van der Waals surface area contributed by atoms with E-state index in [-0.39, 0.29) is 6.04 Å². The Balaban J connectivity index is 1.92. The van der Waals surface area contributed by atoms with Crippen LogP contribution in [0.4, 0.5) is 0 Å². The van der Waals surface area contributed by atoms with E-state index in [2.05, 4.69) is 18.3 Å². The minimum atomic E-state index is -0.830. The highest BCUT2D eigenvalue weighted by Gasteiger charge is 2.24. The quantitative estimate of drug-likeness (QED) is 0.825. The van der Waals surface area contributed by atoms with Crippen LogP contribution in [-0.2, 0) is 12.0 Å². The fourth-order valence-electron chi connectivity index (χ4n) is 2.32. The van der Waals surface area contributed by atoms with Gasteiger partial charge < -0.3 is 15.2 Å². The van der Waals surface area contributed by atoms with Crippen molar-refractivity contribution >= 4 is 11.3 Å². The van der Waals surface area contributed by atoms with Crippen molar-refractivity contribution in [2.24, 2.45) is 0 Å². The molecule has 1 heterocycles. The molecule has 0 radical (unpaired) electrons. The predicted octanol–water partition coefficient (Wildman–Crippen LogP) is 3.19. The zero-order valence-corrected chi connectivity index (χ0v) is 13.6. The van der Waals surface area contributed by atoms with Crippen molar-refractivity contribution in [1.82, 2.24) is 5.32 Å². The Bertz CT molecular complexity index is 552. The smallest absolute Gasteiger partial charge is 0.122 e. The van der Waals surface area contributed by atoms with Gasteiger partial charge in [-0.3, -0.25) is 0 Å². The number of benzene rings is 1. The number of hydrogen-bond donors (Lipinski definition) is 2. The first-order chi connectivity index (χ1) is 10.0. The van der Waals surface area contributed by atoms with Crippen LogP contribution in [0.5, 0.6) is 5.75 Å². The highest BCUT2D eigenvalue weighted by atomic mass is 32.1. The fourth-order valence-corrected chi connectivity index (χ4v) is 3.11. The molecule has 0 aliphatic rings. The van der Waals surface area contributed by atoms with Gasteiger partial charge in [-0.2, -0.15) is 0 Å². The average molecular weight is 305 g/mol. The van der Waals surface area contributed by atoms with Crippen molar-refractivity contribution in [1.29, 1.82) is 0 Å². The van der Waals surface area contributed by atoms with E-state index < -0.39 is 5.60 Å². The van der Waals surface area contributed by atoms with E-state index in [1.54, 1.807) is 18.4 Å². The zero-order chi connectivity index (χ0) is 15.3. The van der Waals surface area contributed by atoms with Gasteiger partial charge in [-0.05, 0) is 43.3 Å². The first kappa shape index (κ1) is 16.0. The summed E-state index contributed by atoms with van der Waals surface area (Å²) < 4.78 is 5.38. The molecule has 0 saturated carbocycles. The molecule has 0 spiro atoms. The van der Waals surface area contributed by atoms with Crippen molar-refractivity contribution in [3.8, 4) is 5.75 Å². The van der Waals surface area contributed by atoms with Gasteiger partial charge in [0.05, 0.1) is 7.11 Å². The molecular weight excluding hydrogens is 282 g/mol. The molecule has 114 valence electrons. The van der Waals surface area contributed by atoms with Crippen molar-refractivity contribution in [3.63, 3.8) is 0 Å². The highest BCUT2D eigenvalue weighted by molar-refractivity contribution is 7.10. The number of ether oxygens (including phenoxy) is 1. The van der Waals surface area contributed by atoms with Crippen LogP contribution >= 0.6 is 11.3 Å².